The lowest BCUT2D eigenvalue weighted by Crippen LogP contribution is -2.27. The van der Waals surface area contributed by atoms with Crippen molar-refractivity contribution in [3.63, 3.8) is 0 Å². The van der Waals surface area contributed by atoms with Gasteiger partial charge in [0.2, 0.25) is 0 Å². The largest absolute Gasteiger partial charge is 0.576 e. The van der Waals surface area contributed by atoms with Gasteiger partial charge in [-0.05, 0) is 65.8 Å². The lowest BCUT2D eigenvalue weighted by Gasteiger charge is -2.20. The van der Waals surface area contributed by atoms with E-state index in [0.29, 0.717) is 34.4 Å². The van der Waals surface area contributed by atoms with Crippen LogP contribution in [0.15, 0.2) is 36.4 Å². The van der Waals surface area contributed by atoms with Crippen LogP contribution in [0.1, 0.15) is 41.5 Å². The smallest absolute Gasteiger partial charge is 0.528 e. The molecule has 190 valence electrons. The Kier molecular flexibility index (Phi) is 9.10. The van der Waals surface area contributed by atoms with Gasteiger partial charge in [0.25, 0.3) is 0 Å². The average Bonchev–Trinajstić information content (AvgIpc) is 2.72. The first-order valence-electron chi connectivity index (χ1n) is 10.9. The number of benzene rings is 2. The van der Waals surface area contributed by atoms with Crippen LogP contribution < -0.4 is 29.4 Å². The molecule has 0 aliphatic carbocycles. The van der Waals surface area contributed by atoms with Crippen LogP contribution in [-0.4, -0.2) is 45.3 Å². The number of hydrogen-bond acceptors (Lipinski definition) is 8. The van der Waals surface area contributed by atoms with Crippen LogP contribution in [0, 0.1) is 0 Å². The molecule has 0 aliphatic rings. The number of hydrogen-bond donors (Lipinski definition) is 2. The quantitative estimate of drug-likeness (QED) is 0.492. The zero-order valence-corrected chi connectivity index (χ0v) is 21.4. The van der Waals surface area contributed by atoms with Crippen molar-refractivity contribution in [3.8, 4) is 23.0 Å². The minimum atomic E-state index is -0.621. The van der Waals surface area contributed by atoms with Crippen molar-refractivity contribution in [2.75, 3.05) is 24.9 Å². The van der Waals surface area contributed by atoms with Crippen molar-refractivity contribution < 1.29 is 37.8 Å². The molecule has 10 nitrogen and oxygen atoms in total. The molecule has 0 spiro atoms. The highest BCUT2D eigenvalue weighted by molar-refractivity contribution is 6.20. The summed E-state index contributed by atoms with van der Waals surface area (Å²) in [6.07, 6.45) is -1.18. The highest BCUT2D eigenvalue weighted by Gasteiger charge is 2.19. The Hall–Kier alpha value is -3.76. The Balaban J connectivity index is 1.97. The van der Waals surface area contributed by atoms with E-state index >= 15 is 0 Å². The molecule has 2 rings (SSSR count). The van der Waals surface area contributed by atoms with Gasteiger partial charge in [-0.2, -0.15) is 0 Å². The third-order valence-corrected chi connectivity index (χ3v) is 4.07. The van der Waals surface area contributed by atoms with Crippen molar-refractivity contribution in [1.82, 2.24) is 0 Å². The predicted molar refractivity (Wildman–Crippen MR) is 134 cm³/mol. The average molecular weight is 488 g/mol. The monoisotopic (exact) mass is 488 g/mol. The fraction of sp³-hybridized carbons (Fsp3) is 0.417. The molecule has 2 N–H and O–H groups in total. The zero-order valence-electron chi connectivity index (χ0n) is 21.4. The summed E-state index contributed by atoms with van der Waals surface area (Å²) in [5, 5.41) is 5.29. The molecule has 0 saturated heterocycles. The molecule has 0 heterocycles. The summed E-state index contributed by atoms with van der Waals surface area (Å²) in [6, 6.07) is 9.82. The fourth-order valence-electron chi connectivity index (χ4n) is 2.72. The lowest BCUT2D eigenvalue weighted by molar-refractivity contribution is 0.0624. The van der Waals surface area contributed by atoms with Gasteiger partial charge in [-0.25, -0.2) is 9.59 Å². The molecule has 11 heteroatoms. The Morgan fingerprint density at radius 2 is 1.06 bits per heavy atom. The minimum Gasteiger partial charge on any atom is -0.528 e. The normalized spacial score (nSPS) is 11.1. The second kappa shape index (κ2) is 11.6. The summed E-state index contributed by atoms with van der Waals surface area (Å²) in [7, 11) is 2.86. The fourth-order valence-corrected chi connectivity index (χ4v) is 2.72. The van der Waals surface area contributed by atoms with Gasteiger partial charge < -0.3 is 28.3 Å². The minimum absolute atomic E-state index is 0.107. The van der Waals surface area contributed by atoms with E-state index in [1.165, 1.54) is 14.2 Å². The Labute approximate surface area is 206 Å². The lowest BCUT2D eigenvalue weighted by atomic mass is 10.2. The van der Waals surface area contributed by atoms with Gasteiger partial charge >= 0.3 is 19.9 Å². The van der Waals surface area contributed by atoms with Crippen LogP contribution in [0.4, 0.5) is 21.0 Å². The molecule has 0 saturated carbocycles. The molecular formula is C24H33BN2O8. The number of rotatable bonds is 8. The second-order valence-corrected chi connectivity index (χ2v) is 9.38. The van der Waals surface area contributed by atoms with Crippen molar-refractivity contribution in [3.05, 3.63) is 36.4 Å². The summed E-state index contributed by atoms with van der Waals surface area (Å²) < 4.78 is 32.5. The SMILES string of the molecule is COc1cc(OBOc2ccc(NC(=O)OC(C)(C)C)c(OC)c2)ccc1NC(=O)OC(C)(C)C. The number of anilines is 2. The topological polar surface area (TPSA) is 114 Å². The van der Waals surface area contributed by atoms with Crippen LogP contribution in [0.2, 0.25) is 0 Å². The number of methoxy groups -OCH3 is 2. The van der Waals surface area contributed by atoms with Crippen LogP contribution in [0.25, 0.3) is 0 Å². The highest BCUT2D eigenvalue weighted by atomic mass is 16.6. The number of carbonyl (C=O) groups excluding carboxylic acids is 2. The number of carbonyl (C=O) groups is 2. The second-order valence-electron chi connectivity index (χ2n) is 9.38. The molecule has 0 atom stereocenters. The van der Waals surface area contributed by atoms with E-state index in [9.17, 15) is 9.59 Å². The molecule has 35 heavy (non-hydrogen) atoms. The zero-order chi connectivity index (χ0) is 26.2. The van der Waals surface area contributed by atoms with Crippen LogP contribution in [-0.2, 0) is 9.47 Å². The standard InChI is InChI=1S/C24H33BN2O8/c1-23(2,3)32-21(28)26-17-11-9-15(13-19(17)30-7)34-25-35-16-10-12-18(20(14-16)31-8)27-22(29)33-24(4,5)6/h9-14,25H,1-8H3,(H,26,28)(H,27,29). The Morgan fingerprint density at radius 3 is 1.37 bits per heavy atom. The Morgan fingerprint density at radius 1 is 0.686 bits per heavy atom. The van der Waals surface area contributed by atoms with Gasteiger partial charge in [0.1, 0.15) is 34.2 Å². The first kappa shape index (κ1) is 27.5. The molecule has 0 aliphatic heterocycles. The summed E-state index contributed by atoms with van der Waals surface area (Å²) in [5.41, 5.74) is -0.366. The molecule has 0 fully saturated rings. The van der Waals surface area contributed by atoms with Gasteiger partial charge in [-0.3, -0.25) is 10.6 Å². The van der Waals surface area contributed by atoms with Crippen molar-refractivity contribution in [2.24, 2.45) is 0 Å². The molecule has 0 unspecified atom stereocenters. The summed E-state index contributed by atoms with van der Waals surface area (Å²) in [4.78, 5) is 24.1. The Bertz CT molecular complexity index is 950. The van der Waals surface area contributed by atoms with Crippen LogP contribution >= 0.6 is 0 Å². The van der Waals surface area contributed by atoms with E-state index < -0.39 is 23.4 Å². The first-order chi connectivity index (χ1) is 16.3. The molecule has 0 bridgehead atoms. The maximum absolute atomic E-state index is 12.0. The molecule has 0 radical (unpaired) electrons. The third kappa shape index (κ3) is 9.56. The molecule has 2 aromatic carbocycles. The van der Waals surface area contributed by atoms with E-state index in [0.717, 1.165) is 0 Å². The maximum atomic E-state index is 12.0. The van der Waals surface area contributed by atoms with Crippen molar-refractivity contribution in [1.29, 1.82) is 0 Å². The third-order valence-electron chi connectivity index (χ3n) is 4.07. The van der Waals surface area contributed by atoms with E-state index in [-0.39, 0.29) is 7.69 Å². The summed E-state index contributed by atoms with van der Waals surface area (Å²) >= 11 is 0. The number of amides is 2. The van der Waals surface area contributed by atoms with E-state index in [2.05, 4.69) is 10.6 Å². The number of nitrogens with one attached hydrogen (secondary N) is 2. The van der Waals surface area contributed by atoms with Crippen LogP contribution in [0.5, 0.6) is 23.0 Å². The predicted octanol–water partition coefficient (Wildman–Crippen LogP) is 5.12. The first-order valence-corrected chi connectivity index (χ1v) is 10.9. The van der Waals surface area contributed by atoms with Crippen molar-refractivity contribution in [2.45, 2.75) is 52.7 Å². The van der Waals surface area contributed by atoms with Gasteiger partial charge in [0.15, 0.2) is 0 Å². The van der Waals surface area contributed by atoms with Crippen molar-refractivity contribution >= 4 is 31.2 Å². The van der Waals surface area contributed by atoms with E-state index in [4.69, 9.17) is 28.3 Å². The summed E-state index contributed by atoms with van der Waals surface area (Å²) in [5.74, 6) is 1.72. The van der Waals surface area contributed by atoms with E-state index in [1.807, 2.05) is 0 Å². The maximum Gasteiger partial charge on any atom is 0.576 e. The number of ether oxygens (including phenoxy) is 4. The molecule has 2 aromatic rings. The van der Waals surface area contributed by atoms with Gasteiger partial charge in [-0.1, -0.05) is 0 Å². The molecule has 2 amide bonds. The van der Waals surface area contributed by atoms with Gasteiger partial charge in [0.05, 0.1) is 25.6 Å². The summed E-state index contributed by atoms with van der Waals surface area (Å²) in [6.45, 7) is 10.7. The van der Waals surface area contributed by atoms with E-state index in [1.54, 1.807) is 77.9 Å². The van der Waals surface area contributed by atoms with Gasteiger partial charge in [-0.15, -0.1) is 0 Å². The highest BCUT2D eigenvalue weighted by Crippen LogP contribution is 2.31. The molecule has 0 aromatic heterocycles. The molecular weight excluding hydrogens is 455 g/mol. The van der Waals surface area contributed by atoms with Gasteiger partial charge in [0, 0.05) is 12.1 Å². The van der Waals surface area contributed by atoms with Crippen LogP contribution in [0.3, 0.4) is 0 Å².